The topological polar surface area (TPSA) is 105 Å². The molecule has 3 rings (SSSR count). The van der Waals surface area contributed by atoms with Crippen LogP contribution < -0.4 is 5.32 Å². The maximum atomic E-state index is 12.1. The summed E-state index contributed by atoms with van der Waals surface area (Å²) in [4.78, 5) is 32.0. The van der Waals surface area contributed by atoms with Crippen LogP contribution in [-0.4, -0.2) is 27.0 Å². The first-order chi connectivity index (χ1) is 11.9. The third-order valence-corrected chi connectivity index (χ3v) is 4.99. The van der Waals surface area contributed by atoms with E-state index in [1.807, 2.05) is 24.3 Å². The number of aromatic carboxylic acids is 1. The molecule has 8 heteroatoms. The lowest BCUT2D eigenvalue weighted by atomic mass is 10.2. The number of nitrogens with one attached hydrogen (secondary N) is 1. The number of carboxylic acid groups (broad SMARTS) is 1. The molecule has 0 aliphatic carbocycles. The summed E-state index contributed by atoms with van der Waals surface area (Å²) < 4.78 is 5.59. The second-order valence-corrected chi connectivity index (χ2v) is 6.67. The fourth-order valence-electron chi connectivity index (χ4n) is 2.42. The van der Waals surface area contributed by atoms with Crippen LogP contribution in [0.1, 0.15) is 45.7 Å². The monoisotopic (exact) mass is 359 g/mol. The van der Waals surface area contributed by atoms with E-state index in [9.17, 15) is 9.59 Å². The van der Waals surface area contributed by atoms with E-state index in [1.54, 1.807) is 13.8 Å². The Morgan fingerprint density at radius 3 is 2.76 bits per heavy atom. The summed E-state index contributed by atoms with van der Waals surface area (Å²) in [6.07, 6.45) is 0.623. The number of oxazole rings is 1. The normalized spacial score (nSPS) is 12.2. The highest BCUT2D eigenvalue weighted by Gasteiger charge is 2.19. The summed E-state index contributed by atoms with van der Waals surface area (Å²) in [6, 6.07) is 7.08. The molecule has 3 aromatic rings. The van der Waals surface area contributed by atoms with Crippen LogP contribution >= 0.6 is 11.3 Å². The number of para-hydroxylation sites is 2. The molecular weight excluding hydrogens is 342 g/mol. The Kier molecular flexibility index (Phi) is 4.80. The average Bonchev–Trinajstić information content (AvgIpc) is 3.16. The smallest absolute Gasteiger partial charge is 0.347 e. The molecule has 0 saturated carbocycles. The van der Waals surface area contributed by atoms with Gasteiger partial charge in [-0.2, -0.15) is 0 Å². The van der Waals surface area contributed by atoms with Gasteiger partial charge in [-0.05, 0) is 26.0 Å². The minimum atomic E-state index is -1.00. The van der Waals surface area contributed by atoms with Gasteiger partial charge in [0.1, 0.15) is 15.4 Å². The lowest BCUT2D eigenvalue weighted by Crippen LogP contribution is -2.26. The van der Waals surface area contributed by atoms with Crippen LogP contribution in [0.5, 0.6) is 0 Å². The average molecular weight is 359 g/mol. The zero-order chi connectivity index (χ0) is 18.0. The van der Waals surface area contributed by atoms with Gasteiger partial charge in [-0.1, -0.05) is 12.1 Å². The minimum Gasteiger partial charge on any atom is -0.477 e. The fourth-order valence-corrected chi connectivity index (χ4v) is 3.33. The predicted octanol–water partition coefficient (Wildman–Crippen LogP) is 3.10. The molecule has 1 amide bonds. The Balaban J connectivity index is 1.58. The van der Waals surface area contributed by atoms with E-state index in [1.165, 1.54) is 0 Å². The molecule has 1 unspecified atom stereocenters. The molecule has 0 fully saturated rings. The molecule has 25 heavy (non-hydrogen) atoms. The standard InChI is InChI=1S/C17H17N3O4S/c1-9-15(17(22)23)25-16(19-9)10(2)18-13(21)7-8-14-20-11-5-3-4-6-12(11)24-14/h3-6,10H,7-8H2,1-2H3,(H,18,21)(H,22,23). The number of aryl methyl sites for hydroxylation is 2. The molecular formula is C17H17N3O4S. The summed E-state index contributed by atoms with van der Waals surface area (Å²) in [6.45, 7) is 3.42. The number of amides is 1. The van der Waals surface area contributed by atoms with Gasteiger partial charge < -0.3 is 14.8 Å². The molecule has 2 heterocycles. The molecule has 0 bridgehead atoms. The van der Waals surface area contributed by atoms with Crippen molar-refractivity contribution in [2.75, 3.05) is 0 Å². The molecule has 1 aromatic carbocycles. The van der Waals surface area contributed by atoms with Gasteiger partial charge in [-0.15, -0.1) is 11.3 Å². The third kappa shape index (κ3) is 3.85. The quantitative estimate of drug-likeness (QED) is 0.700. The van der Waals surface area contributed by atoms with Crippen LogP contribution in [0.4, 0.5) is 0 Å². The number of carbonyl (C=O) groups excluding carboxylic acids is 1. The number of hydrogen-bond donors (Lipinski definition) is 2. The Morgan fingerprint density at radius 1 is 1.32 bits per heavy atom. The SMILES string of the molecule is Cc1nc(C(C)NC(=O)CCc2nc3ccccc3o2)sc1C(=O)O. The Hall–Kier alpha value is -2.74. The van der Waals surface area contributed by atoms with Crippen LogP contribution in [0.2, 0.25) is 0 Å². The molecule has 0 radical (unpaired) electrons. The van der Waals surface area contributed by atoms with Crippen LogP contribution in [0, 0.1) is 6.92 Å². The number of rotatable bonds is 6. The van der Waals surface area contributed by atoms with Gasteiger partial charge in [-0.25, -0.2) is 14.8 Å². The Morgan fingerprint density at radius 2 is 2.08 bits per heavy atom. The Labute approximate surface area is 147 Å². The number of nitrogens with zero attached hydrogens (tertiary/aromatic N) is 2. The van der Waals surface area contributed by atoms with Gasteiger partial charge in [0.05, 0.1) is 11.7 Å². The molecule has 0 saturated heterocycles. The van der Waals surface area contributed by atoms with Crippen molar-refractivity contribution in [2.45, 2.75) is 32.7 Å². The lowest BCUT2D eigenvalue weighted by Gasteiger charge is -2.10. The van der Waals surface area contributed by atoms with Gasteiger partial charge in [0.15, 0.2) is 11.5 Å². The molecule has 130 valence electrons. The molecule has 2 aromatic heterocycles. The molecule has 2 N–H and O–H groups in total. The van der Waals surface area contributed by atoms with Gasteiger partial charge in [0.25, 0.3) is 0 Å². The molecule has 7 nitrogen and oxygen atoms in total. The summed E-state index contributed by atoms with van der Waals surface area (Å²) in [5.74, 6) is -0.655. The maximum absolute atomic E-state index is 12.1. The largest absolute Gasteiger partial charge is 0.477 e. The number of hydrogen-bond acceptors (Lipinski definition) is 6. The summed E-state index contributed by atoms with van der Waals surface area (Å²) in [7, 11) is 0. The summed E-state index contributed by atoms with van der Waals surface area (Å²) in [5, 5.41) is 12.5. The van der Waals surface area contributed by atoms with E-state index in [0.29, 0.717) is 28.6 Å². The molecule has 0 spiro atoms. The molecule has 0 aliphatic rings. The second kappa shape index (κ2) is 7.02. The van der Waals surface area contributed by atoms with Gasteiger partial charge in [0, 0.05) is 12.8 Å². The van der Waals surface area contributed by atoms with E-state index in [2.05, 4.69) is 15.3 Å². The van der Waals surface area contributed by atoms with Crippen molar-refractivity contribution < 1.29 is 19.1 Å². The van der Waals surface area contributed by atoms with Gasteiger partial charge in [0.2, 0.25) is 5.91 Å². The van der Waals surface area contributed by atoms with Crippen LogP contribution in [0.3, 0.4) is 0 Å². The second-order valence-electron chi connectivity index (χ2n) is 5.64. The predicted molar refractivity (Wildman–Crippen MR) is 92.7 cm³/mol. The van der Waals surface area contributed by atoms with Gasteiger partial charge in [-0.3, -0.25) is 4.79 Å². The van der Waals surface area contributed by atoms with Gasteiger partial charge >= 0.3 is 5.97 Å². The number of carboxylic acids is 1. The number of benzene rings is 1. The van der Waals surface area contributed by atoms with Crippen LogP contribution in [0.25, 0.3) is 11.1 Å². The number of fused-ring (bicyclic) bond motifs is 1. The van der Waals surface area contributed by atoms with Crippen molar-refractivity contribution in [1.82, 2.24) is 15.3 Å². The highest BCUT2D eigenvalue weighted by Crippen LogP contribution is 2.23. The molecule has 0 aliphatic heterocycles. The van der Waals surface area contributed by atoms with Crippen molar-refractivity contribution in [3.63, 3.8) is 0 Å². The number of carbonyl (C=O) groups is 2. The highest BCUT2D eigenvalue weighted by molar-refractivity contribution is 7.13. The molecule has 1 atom stereocenters. The van der Waals surface area contributed by atoms with E-state index in [0.717, 1.165) is 16.9 Å². The van der Waals surface area contributed by atoms with Crippen molar-refractivity contribution in [3.8, 4) is 0 Å². The van der Waals surface area contributed by atoms with Crippen molar-refractivity contribution in [2.24, 2.45) is 0 Å². The number of thiazole rings is 1. The first-order valence-electron chi connectivity index (χ1n) is 7.78. The van der Waals surface area contributed by atoms with Crippen molar-refractivity contribution in [3.05, 3.63) is 45.7 Å². The number of aromatic nitrogens is 2. The first-order valence-corrected chi connectivity index (χ1v) is 8.60. The van der Waals surface area contributed by atoms with E-state index >= 15 is 0 Å². The summed E-state index contributed by atoms with van der Waals surface area (Å²) >= 11 is 1.08. The highest BCUT2D eigenvalue weighted by atomic mass is 32.1. The zero-order valence-electron chi connectivity index (χ0n) is 13.8. The lowest BCUT2D eigenvalue weighted by molar-refractivity contribution is -0.121. The maximum Gasteiger partial charge on any atom is 0.347 e. The van der Waals surface area contributed by atoms with Crippen LogP contribution in [-0.2, 0) is 11.2 Å². The van der Waals surface area contributed by atoms with E-state index < -0.39 is 5.97 Å². The third-order valence-electron chi connectivity index (χ3n) is 3.66. The van der Waals surface area contributed by atoms with Crippen molar-refractivity contribution >= 4 is 34.3 Å². The summed E-state index contributed by atoms with van der Waals surface area (Å²) in [5.41, 5.74) is 1.93. The van der Waals surface area contributed by atoms with Crippen molar-refractivity contribution in [1.29, 1.82) is 0 Å². The van der Waals surface area contributed by atoms with Crippen LogP contribution in [0.15, 0.2) is 28.7 Å². The first kappa shape index (κ1) is 17.1. The Bertz CT molecular complexity index is 898. The minimum absolute atomic E-state index is 0.167. The zero-order valence-corrected chi connectivity index (χ0v) is 14.6. The fraction of sp³-hybridized carbons (Fsp3) is 0.294. The van der Waals surface area contributed by atoms with E-state index in [-0.39, 0.29) is 23.2 Å². The van der Waals surface area contributed by atoms with E-state index in [4.69, 9.17) is 9.52 Å².